The van der Waals surface area contributed by atoms with Crippen LogP contribution >= 0.6 is 30.1 Å². The van der Waals surface area contributed by atoms with Gasteiger partial charge in [0, 0.05) is 5.75 Å². The minimum atomic E-state index is -2.12. The molecule has 0 saturated carbocycles. The monoisotopic (exact) mass is 276 g/mol. The Morgan fingerprint density at radius 1 is 1.33 bits per heavy atom. The third kappa shape index (κ3) is 25.2. The van der Waals surface area contributed by atoms with Gasteiger partial charge in [-0.15, -0.1) is 0 Å². The first-order valence-corrected chi connectivity index (χ1v) is 7.57. The van der Waals surface area contributed by atoms with Crippen LogP contribution in [0.5, 0.6) is 0 Å². The summed E-state index contributed by atoms with van der Waals surface area (Å²) in [6.07, 6.45) is 2.16. The van der Waals surface area contributed by atoms with E-state index in [-0.39, 0.29) is 13.2 Å². The van der Waals surface area contributed by atoms with E-state index in [1.165, 1.54) is 5.75 Å². The van der Waals surface area contributed by atoms with Crippen molar-refractivity contribution in [3.63, 3.8) is 0 Å². The van der Waals surface area contributed by atoms with Crippen LogP contribution in [0.25, 0.3) is 0 Å². The average Bonchev–Trinajstić information content (AvgIpc) is 2.73. The fourth-order valence-corrected chi connectivity index (χ4v) is 1.83. The summed E-state index contributed by atoms with van der Waals surface area (Å²) in [7, 11) is 1.57. The van der Waals surface area contributed by atoms with Gasteiger partial charge in [0.15, 0.2) is 0 Å². The normalized spacial score (nSPS) is 13.3. The van der Waals surface area contributed by atoms with Gasteiger partial charge >= 0.3 is 0 Å². The first-order chi connectivity index (χ1) is 7.04. The lowest BCUT2D eigenvalue weighted by Crippen LogP contribution is -2.27. The molecule has 6 nitrogen and oxygen atoms in total. The smallest absolute Gasteiger partial charge is 0.247 e. The molecular weight excluding hydrogens is 259 g/mol. The Labute approximate surface area is 98.1 Å². The van der Waals surface area contributed by atoms with Gasteiger partial charge in [0.1, 0.15) is 0 Å². The molecule has 0 fully saturated rings. The van der Waals surface area contributed by atoms with Crippen LogP contribution in [0, 0.1) is 0 Å². The number of rotatable bonds is 2. The first-order valence-electron chi connectivity index (χ1n) is 3.87. The molecule has 0 bridgehead atoms. The zero-order valence-corrected chi connectivity index (χ0v) is 10.6. The SMILES string of the molecule is C1=CSSC1.NC(CO)CO.NP(O)O. The molecule has 0 aliphatic carbocycles. The van der Waals surface area contributed by atoms with Gasteiger partial charge < -0.3 is 25.7 Å². The number of aliphatic hydroxyl groups excluding tert-OH is 2. The van der Waals surface area contributed by atoms with Crippen molar-refractivity contribution in [2.45, 2.75) is 6.04 Å². The van der Waals surface area contributed by atoms with Crippen molar-refractivity contribution >= 4 is 30.1 Å². The van der Waals surface area contributed by atoms with Crippen LogP contribution in [0.4, 0.5) is 0 Å². The second kappa shape index (κ2) is 14.6. The Morgan fingerprint density at radius 2 is 1.80 bits per heavy atom. The lowest BCUT2D eigenvalue weighted by molar-refractivity contribution is 0.194. The molecule has 15 heavy (non-hydrogen) atoms. The molecule has 1 rings (SSSR count). The predicted molar refractivity (Wildman–Crippen MR) is 66.9 cm³/mol. The van der Waals surface area contributed by atoms with Crippen LogP contribution in [0.3, 0.4) is 0 Å². The van der Waals surface area contributed by atoms with Crippen LogP contribution in [-0.4, -0.2) is 45.0 Å². The van der Waals surface area contributed by atoms with Gasteiger partial charge in [0.05, 0.1) is 19.3 Å². The molecule has 8 N–H and O–H groups in total. The Kier molecular flexibility index (Phi) is 17.6. The van der Waals surface area contributed by atoms with E-state index in [0.29, 0.717) is 0 Å². The fourth-order valence-electron chi connectivity index (χ4n) is 0.254. The second-order valence-electron chi connectivity index (χ2n) is 2.20. The summed E-state index contributed by atoms with van der Waals surface area (Å²) >= 11 is 0. The van der Waals surface area contributed by atoms with Gasteiger partial charge in [-0.2, -0.15) is 0 Å². The van der Waals surface area contributed by atoms with E-state index in [2.05, 4.69) is 17.0 Å². The Balaban J connectivity index is 0. The molecule has 92 valence electrons. The van der Waals surface area contributed by atoms with Gasteiger partial charge in [-0.1, -0.05) is 27.7 Å². The van der Waals surface area contributed by atoms with E-state index in [4.69, 9.17) is 25.7 Å². The van der Waals surface area contributed by atoms with Crippen LogP contribution in [0.15, 0.2) is 11.5 Å². The molecule has 9 heteroatoms. The van der Waals surface area contributed by atoms with Crippen molar-refractivity contribution in [3.05, 3.63) is 11.5 Å². The number of aliphatic hydroxyl groups is 2. The molecule has 0 aromatic rings. The molecule has 1 aliphatic heterocycles. The first kappa shape index (κ1) is 18.0. The molecule has 0 amide bonds. The molecule has 0 unspecified atom stereocenters. The zero-order valence-electron chi connectivity index (χ0n) is 8.06. The van der Waals surface area contributed by atoms with Gasteiger partial charge in [-0.25, -0.2) is 0 Å². The maximum atomic E-state index is 8.05. The molecular formula is C6H17N2O4PS2. The number of hydrogen-bond acceptors (Lipinski definition) is 8. The van der Waals surface area contributed by atoms with Gasteiger partial charge in [-0.3, -0.25) is 5.50 Å². The third-order valence-electron chi connectivity index (χ3n) is 0.853. The fraction of sp³-hybridized carbons (Fsp3) is 0.667. The maximum Gasteiger partial charge on any atom is 0.247 e. The van der Waals surface area contributed by atoms with E-state index in [1.54, 1.807) is 0 Å². The summed E-state index contributed by atoms with van der Waals surface area (Å²) in [4.78, 5) is 14.9. The lowest BCUT2D eigenvalue weighted by Gasteiger charge is -1.98. The van der Waals surface area contributed by atoms with Crippen molar-refractivity contribution in [1.82, 2.24) is 0 Å². The van der Waals surface area contributed by atoms with Gasteiger partial charge in [0.25, 0.3) is 0 Å². The van der Waals surface area contributed by atoms with Crippen LogP contribution in [0.1, 0.15) is 0 Å². The molecule has 1 heterocycles. The molecule has 0 spiro atoms. The third-order valence-corrected chi connectivity index (χ3v) is 2.77. The summed E-state index contributed by atoms with van der Waals surface area (Å²) in [6.45, 7) is -0.285. The molecule has 0 radical (unpaired) electrons. The minimum Gasteiger partial charge on any atom is -0.395 e. The predicted octanol–water partition coefficient (Wildman–Crippen LogP) is -0.650. The maximum absolute atomic E-state index is 8.05. The van der Waals surface area contributed by atoms with Crippen molar-refractivity contribution in [2.75, 3.05) is 19.0 Å². The highest BCUT2D eigenvalue weighted by Gasteiger charge is 1.91. The van der Waals surface area contributed by atoms with Gasteiger partial charge in [-0.05, 0) is 5.41 Å². The number of hydrogen-bond donors (Lipinski definition) is 6. The standard InChI is InChI=1S/C3H9NO2.C3H4S2.H4NO2P/c4-3(1-5)2-6;1-2-4-5-3-1;1-4(2)3/h3,5-6H,1-2,4H2;1-2H,3H2;2-3H,1H2. The van der Waals surface area contributed by atoms with E-state index < -0.39 is 14.6 Å². The second-order valence-corrected chi connectivity index (χ2v) is 5.16. The summed E-state index contributed by atoms with van der Waals surface area (Å²) < 4.78 is 0. The Morgan fingerprint density at radius 3 is 1.87 bits per heavy atom. The minimum absolute atomic E-state index is 0.142. The molecule has 0 atom stereocenters. The highest BCUT2D eigenvalue weighted by Crippen LogP contribution is 2.27. The summed E-state index contributed by atoms with van der Waals surface area (Å²) in [5, 5.41) is 18.2. The van der Waals surface area contributed by atoms with Crippen molar-refractivity contribution in [2.24, 2.45) is 11.2 Å². The topological polar surface area (TPSA) is 133 Å². The largest absolute Gasteiger partial charge is 0.395 e. The average molecular weight is 276 g/mol. The lowest BCUT2D eigenvalue weighted by atomic mass is 10.4. The van der Waals surface area contributed by atoms with Gasteiger partial charge in [0.2, 0.25) is 8.53 Å². The zero-order chi connectivity index (χ0) is 12.1. The number of nitrogens with two attached hydrogens (primary N) is 2. The quantitative estimate of drug-likeness (QED) is 0.289. The summed E-state index contributed by atoms with van der Waals surface area (Å²) in [5.41, 5.74) is 9.26. The highest BCUT2D eigenvalue weighted by atomic mass is 33.1. The van der Waals surface area contributed by atoms with Crippen molar-refractivity contribution in [3.8, 4) is 0 Å². The Hall–Kier alpha value is 0.630. The van der Waals surface area contributed by atoms with E-state index >= 15 is 0 Å². The van der Waals surface area contributed by atoms with Crippen LogP contribution in [-0.2, 0) is 0 Å². The van der Waals surface area contributed by atoms with Crippen molar-refractivity contribution < 1.29 is 20.0 Å². The molecule has 1 aliphatic rings. The van der Waals surface area contributed by atoms with E-state index in [9.17, 15) is 0 Å². The summed E-state index contributed by atoms with van der Waals surface area (Å²) in [6, 6.07) is -0.454. The van der Waals surface area contributed by atoms with Crippen LogP contribution < -0.4 is 11.2 Å². The summed E-state index contributed by atoms with van der Waals surface area (Å²) in [5.74, 6) is 1.20. The highest BCUT2D eigenvalue weighted by molar-refractivity contribution is 8.78. The molecule has 0 saturated heterocycles. The molecule has 0 aromatic heterocycles. The van der Waals surface area contributed by atoms with E-state index in [1.807, 2.05) is 21.6 Å². The van der Waals surface area contributed by atoms with Crippen LogP contribution in [0.2, 0.25) is 0 Å². The van der Waals surface area contributed by atoms with Crippen molar-refractivity contribution in [1.29, 1.82) is 0 Å². The Bertz CT molecular complexity index is 140. The molecule has 0 aromatic carbocycles. The van der Waals surface area contributed by atoms with E-state index in [0.717, 1.165) is 0 Å².